The third-order valence-electron chi connectivity index (χ3n) is 3.33. The van der Waals surface area contributed by atoms with Crippen LogP contribution in [-0.2, 0) is 0 Å². The normalized spacial score (nSPS) is 19.4. The number of H-pyrrole nitrogens is 1. The Bertz CT molecular complexity index is 615. The van der Waals surface area contributed by atoms with Crippen LogP contribution in [0.1, 0.15) is 6.92 Å². The number of halogens is 2. The molecule has 0 bridgehead atoms. The Morgan fingerprint density at radius 3 is 3.10 bits per heavy atom. The van der Waals surface area contributed by atoms with Gasteiger partial charge in [0, 0.05) is 31.2 Å². The molecular weight excluding hydrogens is 281 g/mol. The van der Waals surface area contributed by atoms with Gasteiger partial charge in [-0.05, 0) is 19.1 Å². The summed E-state index contributed by atoms with van der Waals surface area (Å²) in [5.74, 6) is 0.641. The van der Waals surface area contributed by atoms with Crippen molar-refractivity contribution in [3.63, 3.8) is 0 Å². The van der Waals surface area contributed by atoms with E-state index in [2.05, 4.69) is 32.3 Å². The maximum absolute atomic E-state index is 13.5. The summed E-state index contributed by atoms with van der Waals surface area (Å²) in [5.41, 5.74) is 0.522. The zero-order valence-electron chi connectivity index (χ0n) is 11.0. The molecule has 1 aromatic heterocycles. The highest BCUT2D eigenvalue weighted by atomic mass is 35.5. The summed E-state index contributed by atoms with van der Waals surface area (Å²) in [7, 11) is 0. The van der Waals surface area contributed by atoms with Crippen LogP contribution >= 0.6 is 11.6 Å². The first-order valence-corrected chi connectivity index (χ1v) is 6.88. The number of rotatable bonds is 2. The quantitative estimate of drug-likeness (QED) is 0.890. The molecule has 20 heavy (non-hydrogen) atoms. The number of benzene rings is 1. The summed E-state index contributed by atoms with van der Waals surface area (Å²) in [6.45, 7) is 4.70. The molecule has 5 nitrogen and oxygen atoms in total. The van der Waals surface area contributed by atoms with Gasteiger partial charge in [-0.15, -0.1) is 5.10 Å². The Kier molecular flexibility index (Phi) is 3.58. The maximum atomic E-state index is 13.5. The minimum absolute atomic E-state index is 0.0591. The van der Waals surface area contributed by atoms with Crippen LogP contribution in [-0.4, -0.2) is 40.9 Å². The fourth-order valence-corrected chi connectivity index (χ4v) is 2.53. The summed E-state index contributed by atoms with van der Waals surface area (Å²) < 4.78 is 13.5. The van der Waals surface area contributed by atoms with E-state index in [0.29, 0.717) is 23.4 Å². The number of nitrogens with zero attached hydrogens (tertiary/aromatic N) is 3. The van der Waals surface area contributed by atoms with Crippen molar-refractivity contribution in [2.75, 3.05) is 24.5 Å². The second-order valence-electron chi connectivity index (χ2n) is 4.89. The first-order valence-electron chi connectivity index (χ1n) is 6.50. The lowest BCUT2D eigenvalue weighted by atomic mass is 10.2. The predicted molar refractivity (Wildman–Crippen MR) is 76.5 cm³/mol. The minimum atomic E-state index is -0.460. The molecule has 1 aliphatic heterocycles. The first kappa shape index (κ1) is 13.3. The minimum Gasteiger partial charge on any atom is -0.337 e. The molecule has 1 unspecified atom stereocenters. The molecule has 0 aliphatic carbocycles. The molecule has 106 valence electrons. The van der Waals surface area contributed by atoms with Crippen molar-refractivity contribution in [3.8, 4) is 11.4 Å². The van der Waals surface area contributed by atoms with Crippen LogP contribution in [0, 0.1) is 5.82 Å². The fourth-order valence-electron chi connectivity index (χ4n) is 2.32. The van der Waals surface area contributed by atoms with E-state index in [1.807, 2.05) is 0 Å². The van der Waals surface area contributed by atoms with Gasteiger partial charge >= 0.3 is 0 Å². The van der Waals surface area contributed by atoms with Crippen LogP contribution in [0.5, 0.6) is 0 Å². The smallest absolute Gasteiger partial charge is 0.245 e. The van der Waals surface area contributed by atoms with Gasteiger partial charge in [-0.3, -0.25) is 5.10 Å². The summed E-state index contributed by atoms with van der Waals surface area (Å²) in [5, 5.41) is 10.4. The maximum Gasteiger partial charge on any atom is 0.245 e. The number of aromatic nitrogens is 3. The van der Waals surface area contributed by atoms with Crippen LogP contribution in [0.15, 0.2) is 18.2 Å². The number of anilines is 1. The number of nitrogens with one attached hydrogen (secondary N) is 2. The van der Waals surface area contributed by atoms with Crippen molar-refractivity contribution in [2.24, 2.45) is 0 Å². The molecular formula is C13H15ClFN5. The van der Waals surface area contributed by atoms with Crippen LogP contribution < -0.4 is 10.2 Å². The van der Waals surface area contributed by atoms with Crippen LogP contribution in [0.2, 0.25) is 5.02 Å². The van der Waals surface area contributed by atoms with Gasteiger partial charge in [0.25, 0.3) is 0 Å². The molecule has 0 radical (unpaired) electrons. The zero-order valence-corrected chi connectivity index (χ0v) is 11.8. The Hall–Kier alpha value is -1.66. The van der Waals surface area contributed by atoms with Crippen molar-refractivity contribution in [1.82, 2.24) is 20.5 Å². The van der Waals surface area contributed by atoms with Crippen LogP contribution in [0.4, 0.5) is 10.3 Å². The molecule has 1 saturated heterocycles. The Balaban J connectivity index is 1.88. The molecule has 1 aliphatic rings. The average molecular weight is 296 g/mol. The lowest BCUT2D eigenvalue weighted by Gasteiger charge is -2.30. The fraction of sp³-hybridized carbons (Fsp3) is 0.385. The second kappa shape index (κ2) is 5.38. The highest BCUT2D eigenvalue weighted by Gasteiger charge is 2.20. The molecule has 1 fully saturated rings. The Labute approximate surface area is 121 Å². The van der Waals surface area contributed by atoms with Gasteiger partial charge in [0.05, 0.1) is 5.02 Å². The number of aromatic amines is 1. The molecule has 2 aromatic rings. The number of hydrogen-bond donors (Lipinski definition) is 2. The van der Waals surface area contributed by atoms with E-state index < -0.39 is 5.82 Å². The van der Waals surface area contributed by atoms with Crippen molar-refractivity contribution in [3.05, 3.63) is 29.0 Å². The molecule has 0 saturated carbocycles. The highest BCUT2D eigenvalue weighted by molar-refractivity contribution is 6.33. The van der Waals surface area contributed by atoms with Gasteiger partial charge in [-0.2, -0.15) is 4.98 Å². The lowest BCUT2D eigenvalue weighted by Crippen LogP contribution is -2.49. The van der Waals surface area contributed by atoms with Gasteiger partial charge in [0.2, 0.25) is 5.95 Å². The molecule has 0 spiro atoms. The van der Waals surface area contributed by atoms with E-state index in [4.69, 9.17) is 11.6 Å². The predicted octanol–water partition coefficient (Wildman–Crippen LogP) is 2.06. The van der Waals surface area contributed by atoms with E-state index in [-0.39, 0.29) is 5.02 Å². The Morgan fingerprint density at radius 1 is 1.45 bits per heavy atom. The van der Waals surface area contributed by atoms with Crippen LogP contribution in [0.3, 0.4) is 0 Å². The Morgan fingerprint density at radius 2 is 2.30 bits per heavy atom. The van der Waals surface area contributed by atoms with Crippen molar-refractivity contribution < 1.29 is 4.39 Å². The SMILES string of the molecule is CC1CN(c2n[nH]c(-c3cccc(F)c3Cl)n2)CCN1. The molecule has 2 heterocycles. The van der Waals surface area contributed by atoms with E-state index in [9.17, 15) is 4.39 Å². The van der Waals surface area contributed by atoms with E-state index >= 15 is 0 Å². The van der Waals surface area contributed by atoms with E-state index in [1.54, 1.807) is 12.1 Å². The van der Waals surface area contributed by atoms with Gasteiger partial charge < -0.3 is 10.2 Å². The molecule has 1 atom stereocenters. The number of hydrogen-bond acceptors (Lipinski definition) is 4. The second-order valence-corrected chi connectivity index (χ2v) is 5.26. The van der Waals surface area contributed by atoms with E-state index in [0.717, 1.165) is 19.6 Å². The highest BCUT2D eigenvalue weighted by Crippen LogP contribution is 2.28. The summed E-state index contributed by atoms with van der Waals surface area (Å²) in [6.07, 6.45) is 0. The van der Waals surface area contributed by atoms with Gasteiger partial charge in [-0.1, -0.05) is 17.7 Å². The molecule has 7 heteroatoms. The van der Waals surface area contributed by atoms with Crippen molar-refractivity contribution in [2.45, 2.75) is 13.0 Å². The molecule has 2 N–H and O–H groups in total. The van der Waals surface area contributed by atoms with Gasteiger partial charge in [0.1, 0.15) is 5.82 Å². The monoisotopic (exact) mass is 295 g/mol. The zero-order chi connectivity index (χ0) is 14.1. The standard InChI is InChI=1S/C13H15ClFN5/c1-8-7-20(6-5-16-8)13-17-12(18-19-13)9-3-2-4-10(15)11(9)14/h2-4,8,16H,5-7H2,1H3,(H,17,18,19). The van der Waals surface area contributed by atoms with Crippen LogP contribution in [0.25, 0.3) is 11.4 Å². The first-order chi connectivity index (χ1) is 9.65. The third kappa shape index (κ3) is 2.48. The molecule has 0 amide bonds. The third-order valence-corrected chi connectivity index (χ3v) is 3.72. The van der Waals surface area contributed by atoms with E-state index in [1.165, 1.54) is 6.07 Å². The van der Waals surface area contributed by atoms with Gasteiger partial charge in [0.15, 0.2) is 5.82 Å². The summed E-state index contributed by atoms with van der Waals surface area (Å²) in [4.78, 5) is 6.51. The largest absolute Gasteiger partial charge is 0.337 e. The summed E-state index contributed by atoms with van der Waals surface area (Å²) >= 11 is 5.96. The topological polar surface area (TPSA) is 56.8 Å². The molecule has 1 aromatic carbocycles. The van der Waals surface area contributed by atoms with Gasteiger partial charge in [-0.25, -0.2) is 4.39 Å². The lowest BCUT2D eigenvalue weighted by molar-refractivity contribution is 0.480. The van der Waals surface area contributed by atoms with Crippen molar-refractivity contribution >= 4 is 17.5 Å². The number of piperazine rings is 1. The average Bonchev–Trinajstić information content (AvgIpc) is 2.91. The molecule has 3 rings (SSSR count). The van der Waals surface area contributed by atoms with Crippen molar-refractivity contribution in [1.29, 1.82) is 0 Å². The summed E-state index contributed by atoms with van der Waals surface area (Å²) in [6, 6.07) is 5.03.